The maximum absolute atomic E-state index is 12.4. The molecule has 104 valence electrons. The third-order valence-electron chi connectivity index (χ3n) is 3.73. The van der Waals surface area contributed by atoms with E-state index in [1.807, 2.05) is 11.8 Å². The van der Waals surface area contributed by atoms with E-state index in [2.05, 4.69) is 0 Å². The summed E-state index contributed by atoms with van der Waals surface area (Å²) in [7, 11) is 0. The number of nitrogens with zero attached hydrogens (tertiary/aromatic N) is 1. The monoisotopic (exact) mass is 264 g/mol. The average molecular weight is 264 g/mol. The minimum Gasteiger partial charge on any atom is -0.430 e. The van der Waals surface area contributed by atoms with Crippen molar-refractivity contribution >= 4 is 5.91 Å². The van der Waals surface area contributed by atoms with Crippen LogP contribution in [-0.4, -0.2) is 29.4 Å². The van der Waals surface area contributed by atoms with Crippen molar-refractivity contribution in [3.63, 3.8) is 0 Å². The van der Waals surface area contributed by atoms with E-state index in [4.69, 9.17) is 10.2 Å². The van der Waals surface area contributed by atoms with Crippen LogP contribution in [0, 0.1) is 0 Å². The highest BCUT2D eigenvalue weighted by molar-refractivity contribution is 5.93. The summed E-state index contributed by atoms with van der Waals surface area (Å²) in [5.41, 5.74) is 5.87. The van der Waals surface area contributed by atoms with Crippen LogP contribution in [0.5, 0.6) is 0 Å². The van der Waals surface area contributed by atoms with Crippen LogP contribution in [0.2, 0.25) is 0 Å². The van der Waals surface area contributed by atoms with Crippen molar-refractivity contribution in [1.82, 2.24) is 4.90 Å². The maximum atomic E-state index is 12.4. The second kappa shape index (κ2) is 6.02. The van der Waals surface area contributed by atoms with Gasteiger partial charge in [-0.1, -0.05) is 0 Å². The summed E-state index contributed by atoms with van der Waals surface area (Å²) in [5.74, 6) is -0.0771. The largest absolute Gasteiger partial charge is 0.430 e. The van der Waals surface area contributed by atoms with Crippen LogP contribution in [0.15, 0.2) is 27.6 Å². The highest BCUT2D eigenvalue weighted by Crippen LogP contribution is 2.23. The van der Waals surface area contributed by atoms with Crippen LogP contribution in [0.3, 0.4) is 0 Å². The Morgan fingerprint density at radius 2 is 2.05 bits per heavy atom. The first-order chi connectivity index (χ1) is 9.11. The number of rotatable bonds is 3. The van der Waals surface area contributed by atoms with E-state index in [0.29, 0.717) is 12.1 Å². The second-order valence-electron chi connectivity index (χ2n) is 5.00. The van der Waals surface area contributed by atoms with Crippen molar-refractivity contribution in [1.29, 1.82) is 0 Å². The van der Waals surface area contributed by atoms with Gasteiger partial charge in [-0.25, -0.2) is 4.79 Å². The molecule has 0 unspecified atom stereocenters. The number of hydrogen-bond acceptors (Lipinski definition) is 4. The van der Waals surface area contributed by atoms with Crippen molar-refractivity contribution in [2.75, 3.05) is 6.54 Å². The molecule has 0 saturated heterocycles. The molecule has 1 saturated carbocycles. The molecule has 0 spiro atoms. The van der Waals surface area contributed by atoms with Crippen molar-refractivity contribution < 1.29 is 9.21 Å². The van der Waals surface area contributed by atoms with Crippen LogP contribution in [-0.2, 0) is 0 Å². The topological polar surface area (TPSA) is 76.5 Å². The summed E-state index contributed by atoms with van der Waals surface area (Å²) in [4.78, 5) is 25.2. The Morgan fingerprint density at radius 3 is 2.58 bits per heavy atom. The standard InChI is InChI=1S/C14H20N2O3/c1-2-16(12-6-4-11(15)5-7-12)14(18)10-3-8-13(17)19-9-10/h3,8-9,11-12H,2,4-7,15H2,1H3. The molecule has 1 aliphatic rings. The molecule has 1 amide bonds. The molecule has 1 fully saturated rings. The van der Waals surface area contributed by atoms with E-state index in [1.54, 1.807) is 0 Å². The van der Waals surface area contributed by atoms with Crippen LogP contribution >= 0.6 is 0 Å². The predicted octanol–water partition coefficient (Wildman–Crippen LogP) is 1.37. The molecule has 19 heavy (non-hydrogen) atoms. The molecule has 1 heterocycles. The smallest absolute Gasteiger partial charge is 0.335 e. The number of carbonyl (C=O) groups is 1. The third-order valence-corrected chi connectivity index (χ3v) is 3.73. The Kier molecular flexibility index (Phi) is 4.37. The Bertz CT molecular complexity index is 469. The lowest BCUT2D eigenvalue weighted by Gasteiger charge is -2.35. The average Bonchev–Trinajstić information content (AvgIpc) is 2.42. The molecule has 5 nitrogen and oxygen atoms in total. The predicted molar refractivity (Wildman–Crippen MR) is 71.9 cm³/mol. The molecular formula is C14H20N2O3. The van der Waals surface area contributed by atoms with Gasteiger partial charge in [0.25, 0.3) is 5.91 Å². The van der Waals surface area contributed by atoms with Gasteiger partial charge in [0, 0.05) is 24.7 Å². The Labute approximate surface area is 112 Å². The van der Waals surface area contributed by atoms with Crippen molar-refractivity contribution in [3.8, 4) is 0 Å². The molecule has 2 rings (SSSR count). The normalized spacial score (nSPS) is 23.1. The minimum atomic E-state index is -0.441. The fraction of sp³-hybridized carbons (Fsp3) is 0.571. The molecule has 1 aliphatic carbocycles. The Balaban J connectivity index is 2.10. The van der Waals surface area contributed by atoms with E-state index in [0.717, 1.165) is 25.7 Å². The van der Waals surface area contributed by atoms with E-state index in [-0.39, 0.29) is 18.0 Å². The lowest BCUT2D eigenvalue weighted by molar-refractivity contribution is 0.0638. The van der Waals surface area contributed by atoms with E-state index >= 15 is 0 Å². The third kappa shape index (κ3) is 3.23. The van der Waals surface area contributed by atoms with Crippen LogP contribution < -0.4 is 11.4 Å². The van der Waals surface area contributed by atoms with Gasteiger partial charge >= 0.3 is 5.63 Å². The van der Waals surface area contributed by atoms with Gasteiger partial charge in [-0.15, -0.1) is 0 Å². The maximum Gasteiger partial charge on any atom is 0.335 e. The summed E-state index contributed by atoms with van der Waals surface area (Å²) in [5, 5.41) is 0. The second-order valence-corrected chi connectivity index (χ2v) is 5.00. The van der Waals surface area contributed by atoms with E-state index < -0.39 is 5.63 Å². The van der Waals surface area contributed by atoms with Gasteiger partial charge in [0.05, 0.1) is 5.56 Å². The quantitative estimate of drug-likeness (QED) is 0.894. The molecule has 0 aliphatic heterocycles. The zero-order valence-electron chi connectivity index (χ0n) is 11.2. The number of hydrogen-bond donors (Lipinski definition) is 1. The Hall–Kier alpha value is -1.62. The lowest BCUT2D eigenvalue weighted by atomic mass is 9.90. The van der Waals surface area contributed by atoms with Crippen molar-refractivity contribution in [3.05, 3.63) is 34.4 Å². The van der Waals surface area contributed by atoms with Gasteiger partial charge < -0.3 is 15.1 Å². The summed E-state index contributed by atoms with van der Waals surface area (Å²) in [6.07, 6.45) is 5.04. The molecule has 1 aromatic heterocycles. The molecule has 5 heteroatoms. The van der Waals surface area contributed by atoms with Gasteiger partial charge in [-0.05, 0) is 38.7 Å². The van der Waals surface area contributed by atoms with E-state index in [1.165, 1.54) is 18.4 Å². The highest BCUT2D eigenvalue weighted by atomic mass is 16.4. The zero-order chi connectivity index (χ0) is 13.8. The van der Waals surface area contributed by atoms with Crippen LogP contribution in [0.1, 0.15) is 43.0 Å². The van der Waals surface area contributed by atoms with Gasteiger partial charge in [0.1, 0.15) is 6.26 Å². The molecule has 1 aromatic rings. The fourth-order valence-corrected chi connectivity index (χ4v) is 2.63. The summed E-state index contributed by atoms with van der Waals surface area (Å²) in [6.45, 7) is 2.61. The van der Waals surface area contributed by atoms with Crippen LogP contribution in [0.4, 0.5) is 0 Å². The molecular weight excluding hydrogens is 244 g/mol. The molecule has 0 radical (unpaired) electrons. The lowest BCUT2D eigenvalue weighted by Crippen LogP contribution is -2.44. The SMILES string of the molecule is CCN(C(=O)c1ccc(=O)oc1)C1CCC(N)CC1. The van der Waals surface area contributed by atoms with Gasteiger partial charge in [0.15, 0.2) is 0 Å². The number of carbonyl (C=O) groups excluding carboxylic acids is 1. The molecule has 0 aromatic carbocycles. The van der Waals surface area contributed by atoms with Crippen LogP contribution in [0.25, 0.3) is 0 Å². The van der Waals surface area contributed by atoms with Crippen molar-refractivity contribution in [2.24, 2.45) is 5.73 Å². The van der Waals surface area contributed by atoms with E-state index in [9.17, 15) is 9.59 Å². The molecule has 0 atom stereocenters. The summed E-state index contributed by atoms with van der Waals surface area (Å²) >= 11 is 0. The van der Waals surface area contributed by atoms with Crippen molar-refractivity contribution in [2.45, 2.75) is 44.7 Å². The summed E-state index contributed by atoms with van der Waals surface area (Å²) in [6, 6.07) is 3.30. The first-order valence-electron chi connectivity index (χ1n) is 6.77. The summed E-state index contributed by atoms with van der Waals surface area (Å²) < 4.78 is 4.76. The molecule has 2 N–H and O–H groups in total. The Morgan fingerprint density at radius 1 is 1.37 bits per heavy atom. The number of amides is 1. The first kappa shape index (κ1) is 13.8. The fourth-order valence-electron chi connectivity index (χ4n) is 2.63. The molecule has 0 bridgehead atoms. The van der Waals surface area contributed by atoms with Gasteiger partial charge in [0.2, 0.25) is 0 Å². The zero-order valence-corrected chi connectivity index (χ0v) is 11.2. The van der Waals surface area contributed by atoms with Gasteiger partial charge in [-0.3, -0.25) is 4.79 Å². The highest BCUT2D eigenvalue weighted by Gasteiger charge is 2.27. The minimum absolute atomic E-state index is 0.0771. The number of nitrogens with two attached hydrogens (primary N) is 1. The van der Waals surface area contributed by atoms with Gasteiger partial charge in [-0.2, -0.15) is 0 Å². The first-order valence-corrected chi connectivity index (χ1v) is 6.77.